The summed E-state index contributed by atoms with van der Waals surface area (Å²) in [6.07, 6.45) is 8.35. The van der Waals surface area contributed by atoms with Crippen molar-refractivity contribution in [2.75, 3.05) is 0 Å². The maximum Gasteiger partial charge on any atom is 0.519 e. The van der Waals surface area contributed by atoms with Crippen molar-refractivity contribution >= 4 is 23.6 Å². The van der Waals surface area contributed by atoms with Gasteiger partial charge in [0.2, 0.25) is 5.91 Å². The van der Waals surface area contributed by atoms with Gasteiger partial charge in [0.05, 0.1) is 10.8 Å². The molecule has 5 aliphatic carbocycles. The molecule has 1 amide bonds. The molecule has 0 aromatic carbocycles. The van der Waals surface area contributed by atoms with Crippen LogP contribution in [0.2, 0.25) is 0 Å². The van der Waals surface area contributed by atoms with E-state index in [9.17, 15) is 29.1 Å². The van der Waals surface area contributed by atoms with E-state index >= 15 is 0 Å². The Morgan fingerprint density at radius 2 is 1.64 bits per heavy atom. The van der Waals surface area contributed by atoms with Crippen molar-refractivity contribution in [1.29, 1.82) is 0 Å². The zero-order valence-corrected chi connectivity index (χ0v) is 29.2. The molecule has 0 bridgehead atoms. The topological polar surface area (TPSA) is 153 Å². The molecule has 1 heterocycles. The highest BCUT2D eigenvalue weighted by Gasteiger charge is 2.72. The minimum atomic E-state index is -1.15. The van der Waals surface area contributed by atoms with Crippen LogP contribution in [0.25, 0.3) is 0 Å². The Morgan fingerprint density at radius 3 is 2.26 bits per heavy atom. The van der Waals surface area contributed by atoms with E-state index in [0.717, 1.165) is 24.8 Å². The average Bonchev–Trinajstić information content (AvgIpc) is 3.31. The Bertz CT molecular complexity index is 1620. The number of hydrogen-bond acceptors (Lipinski definition) is 8. The Kier molecular flexibility index (Phi) is 7.65. The number of carboxylic acid groups (broad SMARTS) is 1. The van der Waals surface area contributed by atoms with E-state index in [2.05, 4.69) is 33.0 Å². The summed E-state index contributed by atoms with van der Waals surface area (Å²) < 4.78 is 15.9. The van der Waals surface area contributed by atoms with Crippen LogP contribution in [-0.4, -0.2) is 34.8 Å². The second kappa shape index (κ2) is 10.7. The number of nitrogens with one attached hydrogen (secondary N) is 1. The molecule has 0 saturated heterocycles. The second-order valence-electron chi connectivity index (χ2n) is 17.1. The van der Waals surface area contributed by atoms with Gasteiger partial charge in [-0.25, -0.2) is 4.79 Å². The van der Waals surface area contributed by atoms with Crippen molar-refractivity contribution in [2.45, 2.75) is 126 Å². The number of amides is 1. The Morgan fingerprint density at radius 1 is 0.957 bits per heavy atom. The first-order valence-corrected chi connectivity index (χ1v) is 17.3. The first kappa shape index (κ1) is 33.7. The molecule has 258 valence electrons. The first-order valence-electron chi connectivity index (χ1n) is 17.3. The van der Waals surface area contributed by atoms with E-state index in [0.29, 0.717) is 38.5 Å². The SMILES string of the molecule is CC(=O)N[C@H]1CC[C@@]2(C)C(CC[C@]3(C)[C@@H]2C(=O)C=C2[C@@H]4C[C@@](C)(C(=O)O)CC[C@]4(C)CC[C@]23C)[C@]1(C)C(=O)OCc1oc(=O)oc1C. The molecule has 6 rings (SSSR count). The Balaban J connectivity index is 1.40. The monoisotopic (exact) mass is 653 g/mol. The molecule has 1 aromatic heterocycles. The quantitative estimate of drug-likeness (QED) is 0.357. The van der Waals surface area contributed by atoms with Crippen molar-refractivity contribution in [2.24, 2.45) is 50.2 Å². The summed E-state index contributed by atoms with van der Waals surface area (Å²) >= 11 is 0. The molecular weight excluding hydrogens is 602 g/mol. The molecule has 1 unspecified atom stereocenters. The molecular formula is C37H51NO9. The van der Waals surface area contributed by atoms with Crippen LogP contribution in [0.3, 0.4) is 0 Å². The van der Waals surface area contributed by atoms with E-state index in [1.165, 1.54) is 6.92 Å². The van der Waals surface area contributed by atoms with Gasteiger partial charge in [-0.1, -0.05) is 33.3 Å². The van der Waals surface area contributed by atoms with Crippen LogP contribution in [0, 0.1) is 57.2 Å². The number of rotatable bonds is 5. The van der Waals surface area contributed by atoms with Crippen LogP contribution in [-0.2, 0) is 30.5 Å². The fraction of sp³-hybridized carbons (Fsp3) is 0.757. The summed E-state index contributed by atoms with van der Waals surface area (Å²) in [4.78, 5) is 65.5. The molecule has 1 aromatic rings. The molecule has 0 radical (unpaired) electrons. The van der Waals surface area contributed by atoms with E-state index in [-0.39, 0.29) is 58.4 Å². The molecule has 2 N–H and O–H groups in total. The summed E-state index contributed by atoms with van der Waals surface area (Å²) in [5, 5.41) is 13.2. The fourth-order valence-corrected chi connectivity index (χ4v) is 11.6. The highest BCUT2D eigenvalue weighted by molar-refractivity contribution is 5.96. The van der Waals surface area contributed by atoms with Gasteiger partial charge in [-0.15, -0.1) is 0 Å². The van der Waals surface area contributed by atoms with Crippen molar-refractivity contribution in [1.82, 2.24) is 5.32 Å². The van der Waals surface area contributed by atoms with Gasteiger partial charge in [-0.2, -0.15) is 0 Å². The van der Waals surface area contributed by atoms with Gasteiger partial charge < -0.3 is 24.0 Å². The van der Waals surface area contributed by atoms with Gasteiger partial charge in [-0.05, 0) is 118 Å². The zero-order valence-electron chi connectivity index (χ0n) is 29.2. The van der Waals surface area contributed by atoms with Crippen LogP contribution < -0.4 is 11.1 Å². The maximum atomic E-state index is 14.7. The number of allylic oxidation sites excluding steroid dienone is 2. The number of esters is 1. The molecule has 10 atom stereocenters. The summed E-state index contributed by atoms with van der Waals surface area (Å²) in [6, 6.07) is -0.501. The normalized spacial score (nSPS) is 44.2. The largest absolute Gasteiger partial charge is 0.519 e. The lowest BCUT2D eigenvalue weighted by molar-refractivity contribution is -0.205. The third-order valence-corrected chi connectivity index (χ3v) is 14.8. The molecule has 4 saturated carbocycles. The van der Waals surface area contributed by atoms with Crippen molar-refractivity contribution < 1.29 is 37.9 Å². The number of aliphatic carboxylic acids is 1. The van der Waals surface area contributed by atoms with Crippen molar-refractivity contribution in [3.8, 4) is 0 Å². The molecule has 0 spiro atoms. The number of fused-ring (bicyclic) bond motifs is 7. The molecule has 0 aliphatic heterocycles. The third kappa shape index (κ3) is 4.66. The first-order chi connectivity index (χ1) is 21.7. The Hall–Kier alpha value is -3.17. The summed E-state index contributed by atoms with van der Waals surface area (Å²) in [5.74, 6) is -2.55. The second-order valence-corrected chi connectivity index (χ2v) is 17.1. The maximum absolute atomic E-state index is 14.7. The predicted molar refractivity (Wildman–Crippen MR) is 171 cm³/mol. The van der Waals surface area contributed by atoms with E-state index in [1.54, 1.807) is 6.92 Å². The number of hydrogen-bond donors (Lipinski definition) is 2. The number of ketones is 1. The van der Waals surface area contributed by atoms with Crippen LogP contribution in [0.4, 0.5) is 0 Å². The lowest BCUT2D eigenvalue weighted by Crippen LogP contribution is -2.69. The van der Waals surface area contributed by atoms with Gasteiger partial charge >= 0.3 is 17.8 Å². The fourth-order valence-electron chi connectivity index (χ4n) is 11.6. The summed E-state index contributed by atoms with van der Waals surface area (Å²) in [7, 11) is 0. The lowest BCUT2D eigenvalue weighted by atomic mass is 9.33. The van der Waals surface area contributed by atoms with Crippen LogP contribution in [0.15, 0.2) is 25.3 Å². The van der Waals surface area contributed by atoms with E-state index in [4.69, 9.17) is 13.6 Å². The number of carboxylic acids is 1. The van der Waals surface area contributed by atoms with Crippen LogP contribution in [0.5, 0.6) is 0 Å². The van der Waals surface area contributed by atoms with E-state index in [1.807, 2.05) is 19.9 Å². The molecule has 47 heavy (non-hydrogen) atoms. The molecule has 10 heteroatoms. The standard InChI is InChI=1S/C37H51NO9/c1-20-25(47-31(44)46-20)19-45-30(43)37(8)26-9-12-36(7)28(34(26,5)11-10-27(37)38-21(2)39)24(40)17-22-23-18-33(4,29(41)42)14-13-32(23,3)15-16-35(22,36)6/h17,23,26-28H,9-16,18-19H2,1-8H3,(H,38,39)(H,41,42)/t23-,26?,27-,28+,32+,33-,34-,35+,36+,37-/m0/s1. The predicted octanol–water partition coefficient (Wildman–Crippen LogP) is 6.13. The molecule has 10 nitrogen and oxygen atoms in total. The highest BCUT2D eigenvalue weighted by Crippen LogP contribution is 2.75. The zero-order chi connectivity index (χ0) is 34.5. The minimum Gasteiger partial charge on any atom is -0.481 e. The Labute approximate surface area is 276 Å². The van der Waals surface area contributed by atoms with Gasteiger partial charge in [-0.3, -0.25) is 19.2 Å². The number of aryl methyl sites for hydroxylation is 1. The van der Waals surface area contributed by atoms with E-state index < -0.39 is 45.5 Å². The van der Waals surface area contributed by atoms with Gasteiger partial charge in [0, 0.05) is 18.9 Å². The van der Waals surface area contributed by atoms with Gasteiger partial charge in [0.1, 0.15) is 0 Å². The number of carbonyl (C=O) groups is 4. The summed E-state index contributed by atoms with van der Waals surface area (Å²) in [6.45, 7) is 15.5. The third-order valence-electron chi connectivity index (χ3n) is 14.8. The van der Waals surface area contributed by atoms with Crippen molar-refractivity contribution in [3.05, 3.63) is 33.8 Å². The van der Waals surface area contributed by atoms with Crippen LogP contribution >= 0.6 is 0 Å². The minimum absolute atomic E-state index is 0.0190. The smallest absolute Gasteiger partial charge is 0.481 e. The summed E-state index contributed by atoms with van der Waals surface area (Å²) in [5.41, 5.74) is -2.16. The molecule has 4 fully saturated rings. The van der Waals surface area contributed by atoms with Crippen LogP contribution in [0.1, 0.15) is 118 Å². The molecule has 5 aliphatic rings. The number of ether oxygens (including phenoxy) is 1. The van der Waals surface area contributed by atoms with Crippen molar-refractivity contribution in [3.63, 3.8) is 0 Å². The highest BCUT2D eigenvalue weighted by atomic mass is 16.6. The lowest BCUT2D eigenvalue weighted by Gasteiger charge is -2.70. The van der Waals surface area contributed by atoms with Gasteiger partial charge in [0.15, 0.2) is 23.9 Å². The van der Waals surface area contributed by atoms with Gasteiger partial charge in [0.25, 0.3) is 0 Å². The average molecular weight is 654 g/mol. The number of carbonyl (C=O) groups excluding carboxylic acids is 3.